The Morgan fingerprint density at radius 2 is 1.96 bits per heavy atom. The summed E-state index contributed by atoms with van der Waals surface area (Å²) in [5.41, 5.74) is 1.00. The van der Waals surface area contributed by atoms with E-state index in [-0.39, 0.29) is 14.9 Å². The summed E-state index contributed by atoms with van der Waals surface area (Å²) in [4.78, 5) is 2.78. The summed E-state index contributed by atoms with van der Waals surface area (Å²) in [7, 11) is 0.171. The van der Waals surface area contributed by atoms with Gasteiger partial charge in [0, 0.05) is 18.1 Å². The summed E-state index contributed by atoms with van der Waals surface area (Å²) in [6.45, 7) is 0.840. The summed E-state index contributed by atoms with van der Waals surface area (Å²) >= 11 is 13.5. The second kappa shape index (κ2) is 6.69. The van der Waals surface area contributed by atoms with Crippen LogP contribution in [-0.2, 0) is 16.4 Å². The van der Waals surface area contributed by atoms with E-state index in [4.69, 9.17) is 23.2 Å². The van der Waals surface area contributed by atoms with Gasteiger partial charge in [-0.3, -0.25) is 0 Å². The van der Waals surface area contributed by atoms with Crippen LogP contribution in [0, 0.1) is 0 Å². The zero-order chi connectivity index (χ0) is 17.5. The minimum absolute atomic E-state index is 0.0149. The van der Waals surface area contributed by atoms with E-state index in [9.17, 15) is 8.42 Å². The van der Waals surface area contributed by atoms with Crippen molar-refractivity contribution in [2.45, 2.75) is 11.3 Å². The first-order chi connectivity index (χ1) is 11.3. The van der Waals surface area contributed by atoms with Crippen molar-refractivity contribution in [3.05, 3.63) is 51.5 Å². The molecule has 8 heteroatoms. The summed E-state index contributed by atoms with van der Waals surface area (Å²) < 4.78 is 27.5. The Morgan fingerprint density at radius 1 is 1.21 bits per heavy atom. The highest BCUT2D eigenvalue weighted by molar-refractivity contribution is 7.90. The van der Waals surface area contributed by atoms with Crippen LogP contribution >= 0.6 is 34.5 Å². The first-order valence-corrected chi connectivity index (χ1v) is 10.3. The zero-order valence-corrected chi connectivity index (χ0v) is 16.3. The predicted octanol–water partition coefficient (Wildman–Crippen LogP) is 4.35. The lowest BCUT2D eigenvalue weighted by molar-refractivity contribution is 0.414. The van der Waals surface area contributed by atoms with Gasteiger partial charge in [-0.25, -0.2) is 12.4 Å². The topological polar surface area (TPSA) is 42.3 Å². The van der Waals surface area contributed by atoms with Gasteiger partial charge in [0.05, 0.1) is 10.0 Å². The van der Waals surface area contributed by atoms with Gasteiger partial charge >= 0.3 is 0 Å². The van der Waals surface area contributed by atoms with Crippen LogP contribution in [0.2, 0.25) is 10.0 Å². The monoisotopic (exact) mass is 402 g/mol. The molecule has 0 unspecified atom stereocenters. The molecule has 0 spiro atoms. The maximum atomic E-state index is 13.1. The minimum atomic E-state index is -3.81. The van der Waals surface area contributed by atoms with Crippen LogP contribution in [0.1, 0.15) is 5.56 Å². The highest BCUT2D eigenvalue weighted by Gasteiger charge is 2.25. The Bertz CT molecular complexity index is 991. The van der Waals surface area contributed by atoms with Crippen LogP contribution in [0.15, 0.2) is 40.7 Å². The van der Waals surface area contributed by atoms with E-state index in [2.05, 4.69) is 4.90 Å². The number of nitrogens with zero attached hydrogens (tertiary/aromatic N) is 2. The van der Waals surface area contributed by atoms with Gasteiger partial charge in [0.1, 0.15) is 9.73 Å². The largest absolute Gasteiger partial charge is 0.309 e. The first-order valence-electron chi connectivity index (χ1n) is 7.24. The number of thiophene rings is 1. The third kappa shape index (κ3) is 3.09. The van der Waals surface area contributed by atoms with E-state index in [1.54, 1.807) is 18.3 Å². The van der Waals surface area contributed by atoms with Gasteiger partial charge in [-0.15, -0.1) is 11.3 Å². The van der Waals surface area contributed by atoms with Gasteiger partial charge in [0.15, 0.2) is 0 Å². The smallest absolute Gasteiger partial charge is 0.270 e. The average molecular weight is 403 g/mol. The second-order valence-electron chi connectivity index (χ2n) is 5.70. The van der Waals surface area contributed by atoms with E-state index in [0.29, 0.717) is 4.83 Å². The number of likely N-dealkylation sites (N-methyl/N-ethyl adjacent to an activating group) is 1. The van der Waals surface area contributed by atoms with Crippen molar-refractivity contribution in [3.8, 4) is 0 Å². The molecule has 0 atom stereocenters. The number of halogens is 2. The van der Waals surface area contributed by atoms with E-state index >= 15 is 0 Å². The minimum Gasteiger partial charge on any atom is -0.309 e. The van der Waals surface area contributed by atoms with Gasteiger partial charge in [-0.1, -0.05) is 29.3 Å². The standard InChI is InChI=1S/C16H16Cl2N2O2S2/c1-19(2)8-6-11-10-20(16-12(11)7-9-23-16)24(21,22)14-5-3-4-13(17)15(14)18/h3-5,7,9-10H,6,8H2,1-2H3. The number of fused-ring (bicyclic) bond motifs is 1. The molecule has 0 aliphatic rings. The van der Waals surface area contributed by atoms with Crippen molar-refractivity contribution in [1.29, 1.82) is 0 Å². The Balaban J connectivity index is 2.15. The van der Waals surface area contributed by atoms with Crippen LogP contribution in [-0.4, -0.2) is 37.9 Å². The number of rotatable bonds is 5. The molecule has 24 heavy (non-hydrogen) atoms. The molecule has 3 aromatic rings. The number of benzene rings is 1. The molecule has 0 aliphatic carbocycles. The SMILES string of the molecule is CN(C)CCc1cn(S(=O)(=O)c2cccc(Cl)c2Cl)c2sccc12. The van der Waals surface area contributed by atoms with Crippen LogP contribution in [0.5, 0.6) is 0 Å². The lowest BCUT2D eigenvalue weighted by atomic mass is 10.2. The van der Waals surface area contributed by atoms with E-state index in [1.165, 1.54) is 21.4 Å². The van der Waals surface area contributed by atoms with Crippen molar-refractivity contribution < 1.29 is 8.42 Å². The molecule has 0 amide bonds. The zero-order valence-electron chi connectivity index (χ0n) is 13.2. The fourth-order valence-corrected chi connectivity index (χ4v) is 5.77. The molecule has 0 fully saturated rings. The van der Waals surface area contributed by atoms with Gasteiger partial charge in [-0.2, -0.15) is 0 Å². The van der Waals surface area contributed by atoms with Crippen molar-refractivity contribution >= 4 is 54.8 Å². The lowest BCUT2D eigenvalue weighted by Gasteiger charge is -2.09. The maximum absolute atomic E-state index is 13.1. The molecule has 2 aromatic heterocycles. The Morgan fingerprint density at radius 3 is 2.67 bits per heavy atom. The van der Waals surface area contributed by atoms with Crippen molar-refractivity contribution in [3.63, 3.8) is 0 Å². The maximum Gasteiger partial charge on any atom is 0.270 e. The van der Waals surface area contributed by atoms with Gasteiger partial charge in [0.25, 0.3) is 10.0 Å². The fraction of sp³-hybridized carbons (Fsp3) is 0.250. The summed E-state index contributed by atoms with van der Waals surface area (Å²) in [6, 6.07) is 6.59. The normalized spacial score (nSPS) is 12.4. The molecule has 4 nitrogen and oxygen atoms in total. The highest BCUT2D eigenvalue weighted by Crippen LogP contribution is 2.34. The van der Waals surface area contributed by atoms with Crippen molar-refractivity contribution in [2.24, 2.45) is 0 Å². The average Bonchev–Trinajstić information content (AvgIpc) is 3.10. The van der Waals surface area contributed by atoms with E-state index in [0.717, 1.165) is 23.9 Å². The molecule has 0 radical (unpaired) electrons. The van der Waals surface area contributed by atoms with Crippen LogP contribution in [0.4, 0.5) is 0 Å². The van der Waals surface area contributed by atoms with E-state index < -0.39 is 10.0 Å². The fourth-order valence-electron chi connectivity index (χ4n) is 2.50. The highest BCUT2D eigenvalue weighted by atomic mass is 35.5. The van der Waals surface area contributed by atoms with E-state index in [1.807, 2.05) is 25.5 Å². The molecule has 0 saturated heterocycles. The molecule has 0 aliphatic heterocycles. The molecule has 0 N–H and O–H groups in total. The molecular weight excluding hydrogens is 387 g/mol. The lowest BCUT2D eigenvalue weighted by Crippen LogP contribution is -2.15. The van der Waals surface area contributed by atoms with Gasteiger partial charge < -0.3 is 4.90 Å². The number of hydrogen-bond donors (Lipinski definition) is 0. The number of aromatic nitrogens is 1. The number of hydrogen-bond acceptors (Lipinski definition) is 4. The Hall–Kier alpha value is -1.05. The predicted molar refractivity (Wildman–Crippen MR) is 101 cm³/mol. The van der Waals surface area contributed by atoms with Crippen molar-refractivity contribution in [1.82, 2.24) is 8.87 Å². The third-order valence-corrected chi connectivity index (χ3v) is 7.41. The van der Waals surface area contributed by atoms with Gasteiger partial charge in [0.2, 0.25) is 0 Å². The van der Waals surface area contributed by atoms with Crippen molar-refractivity contribution in [2.75, 3.05) is 20.6 Å². The first kappa shape index (κ1) is 17.8. The summed E-state index contributed by atoms with van der Waals surface area (Å²) in [5.74, 6) is 0. The second-order valence-corrected chi connectivity index (χ2v) is 9.16. The van der Waals surface area contributed by atoms with Crippen LogP contribution < -0.4 is 0 Å². The molecule has 3 rings (SSSR count). The molecular formula is C16H16Cl2N2O2S2. The Kier molecular flexibility index (Phi) is 4.95. The van der Waals surface area contributed by atoms with Crippen LogP contribution in [0.3, 0.4) is 0 Å². The van der Waals surface area contributed by atoms with Gasteiger partial charge in [-0.05, 0) is 49.7 Å². The summed E-state index contributed by atoms with van der Waals surface area (Å²) in [6.07, 6.45) is 2.46. The van der Waals surface area contributed by atoms with Crippen LogP contribution in [0.25, 0.3) is 10.2 Å². The Labute approximate surface area is 155 Å². The quantitative estimate of drug-likeness (QED) is 0.636. The molecule has 0 saturated carbocycles. The molecule has 0 bridgehead atoms. The molecule has 1 aromatic carbocycles. The molecule has 128 valence electrons. The third-order valence-electron chi connectivity index (χ3n) is 3.75. The molecule has 2 heterocycles. The summed E-state index contributed by atoms with van der Waals surface area (Å²) in [5, 5.41) is 3.13.